The van der Waals surface area contributed by atoms with Crippen LogP contribution >= 0.6 is 11.6 Å². The number of nitrogens with zero attached hydrogens (tertiary/aromatic N) is 3. The first-order valence-electron chi connectivity index (χ1n) is 5.85. The average molecular weight is 281 g/mol. The van der Waals surface area contributed by atoms with Crippen molar-refractivity contribution in [2.45, 2.75) is 13.3 Å². The van der Waals surface area contributed by atoms with Gasteiger partial charge in [0.25, 0.3) is 0 Å². The van der Waals surface area contributed by atoms with Gasteiger partial charge in [-0.2, -0.15) is 5.10 Å². The van der Waals surface area contributed by atoms with Crippen molar-refractivity contribution >= 4 is 23.0 Å². The number of aromatic nitrogens is 2. The lowest BCUT2D eigenvalue weighted by molar-refractivity contribution is -0.383. The molecule has 0 fully saturated rings. The fourth-order valence-corrected chi connectivity index (χ4v) is 1.88. The molecule has 0 amide bonds. The van der Waals surface area contributed by atoms with Gasteiger partial charge < -0.3 is 5.32 Å². The molecule has 0 radical (unpaired) electrons. The topological polar surface area (TPSA) is 73.0 Å². The van der Waals surface area contributed by atoms with Crippen molar-refractivity contribution in [3.63, 3.8) is 0 Å². The van der Waals surface area contributed by atoms with E-state index in [0.717, 1.165) is 6.42 Å². The highest BCUT2D eigenvalue weighted by Crippen LogP contribution is 2.31. The molecule has 0 unspecified atom stereocenters. The maximum Gasteiger partial charge on any atom is 0.317 e. The second-order valence-corrected chi connectivity index (χ2v) is 4.40. The highest BCUT2D eigenvalue weighted by Gasteiger charge is 2.21. The molecule has 0 atom stereocenters. The zero-order chi connectivity index (χ0) is 13.8. The predicted octanol–water partition coefficient (Wildman–Crippen LogP) is 3.26. The smallest absolute Gasteiger partial charge is 0.317 e. The fourth-order valence-electron chi connectivity index (χ4n) is 1.74. The van der Waals surface area contributed by atoms with E-state index in [1.807, 2.05) is 6.92 Å². The van der Waals surface area contributed by atoms with E-state index in [9.17, 15) is 10.1 Å². The van der Waals surface area contributed by atoms with Crippen LogP contribution in [0.4, 0.5) is 11.4 Å². The van der Waals surface area contributed by atoms with E-state index in [1.54, 1.807) is 18.2 Å². The van der Waals surface area contributed by atoms with Crippen LogP contribution in [-0.4, -0.2) is 21.2 Å². The molecule has 1 aromatic heterocycles. The van der Waals surface area contributed by atoms with Gasteiger partial charge in [-0.05, 0) is 18.6 Å². The third kappa shape index (κ3) is 2.85. The number of hydrogen-bond acceptors (Lipinski definition) is 4. The van der Waals surface area contributed by atoms with Crippen LogP contribution in [0.2, 0.25) is 5.02 Å². The van der Waals surface area contributed by atoms with Crippen LogP contribution < -0.4 is 5.32 Å². The van der Waals surface area contributed by atoms with Crippen molar-refractivity contribution < 1.29 is 4.92 Å². The van der Waals surface area contributed by atoms with Crippen LogP contribution in [0.3, 0.4) is 0 Å². The van der Waals surface area contributed by atoms with Crippen molar-refractivity contribution in [3.05, 3.63) is 45.7 Å². The van der Waals surface area contributed by atoms with Crippen molar-refractivity contribution in [2.24, 2.45) is 0 Å². The van der Waals surface area contributed by atoms with Crippen LogP contribution in [0.5, 0.6) is 0 Å². The summed E-state index contributed by atoms with van der Waals surface area (Å²) in [6.45, 7) is 2.67. The SMILES string of the molecule is CCCNc1cccc(-n2cc(Cl)cn2)c1[N+](=O)[O-]. The standard InChI is InChI=1S/C12H13ClN4O2/c1-2-6-14-10-4-3-5-11(12(10)17(18)19)16-8-9(13)7-15-16/h3-5,7-8,14H,2,6H2,1H3. The van der Waals surface area contributed by atoms with Gasteiger partial charge in [0.05, 0.1) is 16.1 Å². The molecular weight excluding hydrogens is 268 g/mol. The molecule has 6 nitrogen and oxygen atoms in total. The second kappa shape index (κ2) is 5.71. The molecule has 0 saturated heterocycles. The predicted molar refractivity (Wildman–Crippen MR) is 74.0 cm³/mol. The number of halogens is 1. The van der Waals surface area contributed by atoms with Gasteiger partial charge in [-0.1, -0.05) is 24.6 Å². The number of nitro benzene ring substituents is 1. The summed E-state index contributed by atoms with van der Waals surface area (Å²) in [5.41, 5.74) is 0.865. The Morgan fingerprint density at radius 2 is 2.32 bits per heavy atom. The number of nitro groups is 1. The Bertz CT molecular complexity index is 597. The summed E-state index contributed by atoms with van der Waals surface area (Å²) in [6, 6.07) is 5.07. The molecule has 7 heteroatoms. The Labute approximate surface area is 115 Å². The molecule has 0 saturated carbocycles. The molecule has 1 N–H and O–H groups in total. The van der Waals surface area contributed by atoms with Gasteiger partial charge in [0, 0.05) is 12.7 Å². The van der Waals surface area contributed by atoms with Gasteiger partial charge in [-0.25, -0.2) is 4.68 Å². The Morgan fingerprint density at radius 1 is 1.53 bits per heavy atom. The highest BCUT2D eigenvalue weighted by atomic mass is 35.5. The van der Waals surface area contributed by atoms with Crippen molar-refractivity contribution in [2.75, 3.05) is 11.9 Å². The summed E-state index contributed by atoms with van der Waals surface area (Å²) in [6.07, 6.45) is 3.86. The van der Waals surface area contributed by atoms with Crippen LogP contribution in [0, 0.1) is 10.1 Å². The van der Waals surface area contributed by atoms with Crippen molar-refractivity contribution in [1.29, 1.82) is 0 Å². The molecular formula is C12H13ClN4O2. The monoisotopic (exact) mass is 280 g/mol. The number of nitrogens with one attached hydrogen (secondary N) is 1. The molecule has 100 valence electrons. The van der Waals surface area contributed by atoms with Crippen LogP contribution in [0.15, 0.2) is 30.6 Å². The molecule has 0 aliphatic carbocycles. The Morgan fingerprint density at radius 3 is 2.89 bits per heavy atom. The first kappa shape index (κ1) is 13.4. The number of anilines is 1. The van der Waals surface area contributed by atoms with Gasteiger partial charge in [0.15, 0.2) is 0 Å². The lowest BCUT2D eigenvalue weighted by atomic mass is 10.2. The van der Waals surface area contributed by atoms with Gasteiger partial charge in [0.2, 0.25) is 0 Å². The molecule has 2 rings (SSSR count). The fraction of sp³-hybridized carbons (Fsp3) is 0.250. The van der Waals surface area contributed by atoms with E-state index in [2.05, 4.69) is 10.4 Å². The van der Waals surface area contributed by atoms with E-state index in [1.165, 1.54) is 17.1 Å². The third-order valence-electron chi connectivity index (χ3n) is 2.56. The first-order valence-corrected chi connectivity index (χ1v) is 6.23. The minimum atomic E-state index is -0.414. The normalized spacial score (nSPS) is 10.4. The molecule has 0 spiro atoms. The van der Waals surface area contributed by atoms with E-state index in [0.29, 0.717) is 22.9 Å². The summed E-state index contributed by atoms with van der Waals surface area (Å²) in [4.78, 5) is 10.9. The van der Waals surface area contributed by atoms with Gasteiger partial charge in [-0.15, -0.1) is 0 Å². The maximum atomic E-state index is 11.3. The molecule has 19 heavy (non-hydrogen) atoms. The van der Waals surface area contributed by atoms with Crippen LogP contribution in [-0.2, 0) is 0 Å². The van der Waals surface area contributed by atoms with Gasteiger partial charge in [0.1, 0.15) is 11.4 Å². The number of para-hydroxylation sites is 1. The zero-order valence-electron chi connectivity index (χ0n) is 10.3. The highest BCUT2D eigenvalue weighted by molar-refractivity contribution is 6.30. The molecule has 0 aliphatic rings. The van der Waals surface area contributed by atoms with E-state index < -0.39 is 4.92 Å². The maximum absolute atomic E-state index is 11.3. The van der Waals surface area contributed by atoms with Crippen LogP contribution in [0.25, 0.3) is 5.69 Å². The minimum Gasteiger partial charge on any atom is -0.379 e. The summed E-state index contributed by atoms with van der Waals surface area (Å²) in [7, 11) is 0. The third-order valence-corrected chi connectivity index (χ3v) is 2.76. The average Bonchev–Trinajstić information content (AvgIpc) is 2.82. The number of hydrogen-bond donors (Lipinski definition) is 1. The van der Waals surface area contributed by atoms with Crippen molar-refractivity contribution in [3.8, 4) is 5.69 Å². The van der Waals surface area contributed by atoms with Crippen molar-refractivity contribution in [1.82, 2.24) is 9.78 Å². The number of benzene rings is 1. The summed E-state index contributed by atoms with van der Waals surface area (Å²) in [5, 5.41) is 18.8. The first-order chi connectivity index (χ1) is 9.13. The Balaban J connectivity index is 2.51. The molecule has 0 aliphatic heterocycles. The Kier molecular flexibility index (Phi) is 4.01. The minimum absolute atomic E-state index is 0.00397. The lowest BCUT2D eigenvalue weighted by Gasteiger charge is -2.09. The molecule has 1 heterocycles. The van der Waals surface area contributed by atoms with Crippen LogP contribution in [0.1, 0.15) is 13.3 Å². The molecule has 1 aromatic carbocycles. The lowest BCUT2D eigenvalue weighted by Crippen LogP contribution is -2.07. The summed E-state index contributed by atoms with van der Waals surface area (Å²) < 4.78 is 1.40. The summed E-state index contributed by atoms with van der Waals surface area (Å²) in [5.74, 6) is 0. The van der Waals surface area contributed by atoms with Gasteiger partial charge in [-0.3, -0.25) is 10.1 Å². The molecule has 2 aromatic rings. The largest absolute Gasteiger partial charge is 0.379 e. The van der Waals surface area contributed by atoms with E-state index in [-0.39, 0.29) is 5.69 Å². The zero-order valence-corrected chi connectivity index (χ0v) is 11.1. The quantitative estimate of drug-likeness (QED) is 0.674. The van der Waals surface area contributed by atoms with Gasteiger partial charge >= 0.3 is 5.69 Å². The van der Waals surface area contributed by atoms with E-state index in [4.69, 9.17) is 11.6 Å². The number of rotatable bonds is 5. The second-order valence-electron chi connectivity index (χ2n) is 3.96. The Hall–Kier alpha value is -2.08. The summed E-state index contributed by atoms with van der Waals surface area (Å²) >= 11 is 5.80. The molecule has 0 bridgehead atoms. The van der Waals surface area contributed by atoms with E-state index >= 15 is 0 Å².